The summed E-state index contributed by atoms with van der Waals surface area (Å²) in [7, 11) is 0. The molecule has 0 aromatic carbocycles. The first-order valence-corrected chi connectivity index (χ1v) is 6.77. The highest BCUT2D eigenvalue weighted by Gasteiger charge is 2.28. The Morgan fingerprint density at radius 1 is 1.27 bits per heavy atom. The average molecular weight is 210 g/mol. The molecular formula is C13H26N2. The van der Waals surface area contributed by atoms with Crippen LogP contribution in [0.3, 0.4) is 0 Å². The minimum absolute atomic E-state index is 0.716. The van der Waals surface area contributed by atoms with Crippen LogP contribution in [0.5, 0.6) is 0 Å². The molecule has 2 atom stereocenters. The van der Waals surface area contributed by atoms with Crippen molar-refractivity contribution in [1.29, 1.82) is 0 Å². The predicted octanol–water partition coefficient (Wildman–Crippen LogP) is 2.25. The van der Waals surface area contributed by atoms with Crippen LogP contribution in [0.4, 0.5) is 0 Å². The minimum Gasteiger partial charge on any atom is -0.313 e. The van der Waals surface area contributed by atoms with Crippen LogP contribution in [-0.4, -0.2) is 36.6 Å². The van der Waals surface area contributed by atoms with E-state index in [9.17, 15) is 0 Å². The molecule has 88 valence electrons. The first-order chi connectivity index (χ1) is 7.29. The maximum Gasteiger partial charge on any atom is 0.0110 e. The highest BCUT2D eigenvalue weighted by atomic mass is 15.2. The molecule has 1 aliphatic heterocycles. The molecule has 1 saturated carbocycles. The smallest absolute Gasteiger partial charge is 0.0110 e. The van der Waals surface area contributed by atoms with Gasteiger partial charge in [0.15, 0.2) is 0 Å². The van der Waals surface area contributed by atoms with Gasteiger partial charge in [-0.05, 0) is 38.6 Å². The summed E-state index contributed by atoms with van der Waals surface area (Å²) in [5, 5.41) is 3.58. The average Bonchev–Trinajstić information content (AvgIpc) is 3.03. The molecule has 0 bridgehead atoms. The number of hydrogen-bond donors (Lipinski definition) is 1. The van der Waals surface area contributed by atoms with Gasteiger partial charge in [0.25, 0.3) is 0 Å². The van der Waals surface area contributed by atoms with E-state index in [1.165, 1.54) is 51.7 Å². The zero-order chi connectivity index (χ0) is 10.7. The van der Waals surface area contributed by atoms with E-state index in [0.29, 0.717) is 6.04 Å². The van der Waals surface area contributed by atoms with E-state index in [4.69, 9.17) is 0 Å². The molecule has 0 amide bonds. The number of rotatable bonds is 4. The molecule has 1 aliphatic carbocycles. The normalized spacial score (nSPS) is 31.2. The molecule has 2 fully saturated rings. The molecule has 0 aromatic rings. The van der Waals surface area contributed by atoms with Crippen LogP contribution in [0.25, 0.3) is 0 Å². The van der Waals surface area contributed by atoms with E-state index in [2.05, 4.69) is 24.1 Å². The lowest BCUT2D eigenvalue weighted by Gasteiger charge is -2.29. The topological polar surface area (TPSA) is 15.3 Å². The second kappa shape index (κ2) is 5.31. The molecule has 1 N–H and O–H groups in total. The molecule has 2 rings (SSSR count). The largest absolute Gasteiger partial charge is 0.313 e. The van der Waals surface area contributed by atoms with Gasteiger partial charge in [-0.1, -0.05) is 19.8 Å². The van der Waals surface area contributed by atoms with Crippen molar-refractivity contribution in [1.82, 2.24) is 10.2 Å². The Balaban J connectivity index is 1.82. The van der Waals surface area contributed by atoms with Gasteiger partial charge in [-0.3, -0.25) is 4.90 Å². The van der Waals surface area contributed by atoms with E-state index >= 15 is 0 Å². The second-order valence-corrected chi connectivity index (χ2v) is 5.42. The number of nitrogens with one attached hydrogen (secondary N) is 1. The van der Waals surface area contributed by atoms with Gasteiger partial charge < -0.3 is 5.32 Å². The van der Waals surface area contributed by atoms with Crippen LogP contribution < -0.4 is 5.32 Å². The molecule has 2 unspecified atom stereocenters. The SMILES string of the molecule is CCC(CC1CC1)N1CCNC(C)CC1. The van der Waals surface area contributed by atoms with Gasteiger partial charge in [0.05, 0.1) is 0 Å². The summed E-state index contributed by atoms with van der Waals surface area (Å²) >= 11 is 0. The van der Waals surface area contributed by atoms with Gasteiger partial charge in [-0.15, -0.1) is 0 Å². The van der Waals surface area contributed by atoms with Gasteiger partial charge in [-0.25, -0.2) is 0 Å². The molecule has 0 aromatic heterocycles. The van der Waals surface area contributed by atoms with Crippen LogP contribution in [0.15, 0.2) is 0 Å². The fourth-order valence-electron chi connectivity index (χ4n) is 2.71. The van der Waals surface area contributed by atoms with Gasteiger partial charge in [0.1, 0.15) is 0 Å². The first-order valence-electron chi connectivity index (χ1n) is 6.77. The Morgan fingerprint density at radius 3 is 2.73 bits per heavy atom. The van der Waals surface area contributed by atoms with Crippen molar-refractivity contribution in [3.8, 4) is 0 Å². The molecule has 0 spiro atoms. The number of nitrogens with zero attached hydrogens (tertiary/aromatic N) is 1. The summed E-state index contributed by atoms with van der Waals surface area (Å²) in [4.78, 5) is 2.73. The van der Waals surface area contributed by atoms with Gasteiger partial charge in [-0.2, -0.15) is 0 Å². The van der Waals surface area contributed by atoms with Crippen LogP contribution in [0.2, 0.25) is 0 Å². The lowest BCUT2D eigenvalue weighted by molar-refractivity contribution is 0.186. The first kappa shape index (κ1) is 11.4. The van der Waals surface area contributed by atoms with Gasteiger partial charge in [0, 0.05) is 25.2 Å². The Bertz CT molecular complexity index is 189. The minimum atomic E-state index is 0.716. The molecular weight excluding hydrogens is 184 g/mol. The summed E-state index contributed by atoms with van der Waals surface area (Å²) in [5.41, 5.74) is 0. The van der Waals surface area contributed by atoms with E-state index in [1.54, 1.807) is 0 Å². The predicted molar refractivity (Wildman–Crippen MR) is 65.1 cm³/mol. The highest BCUT2D eigenvalue weighted by molar-refractivity contribution is 4.83. The lowest BCUT2D eigenvalue weighted by Crippen LogP contribution is -2.37. The molecule has 2 nitrogen and oxygen atoms in total. The van der Waals surface area contributed by atoms with E-state index in [1.807, 2.05) is 0 Å². The summed E-state index contributed by atoms with van der Waals surface area (Å²) in [6, 6.07) is 1.58. The van der Waals surface area contributed by atoms with Crippen LogP contribution in [0.1, 0.15) is 46.0 Å². The van der Waals surface area contributed by atoms with Crippen LogP contribution >= 0.6 is 0 Å². The van der Waals surface area contributed by atoms with E-state index < -0.39 is 0 Å². The fourth-order valence-corrected chi connectivity index (χ4v) is 2.71. The Labute approximate surface area is 94.4 Å². The monoisotopic (exact) mass is 210 g/mol. The molecule has 1 heterocycles. The Kier molecular flexibility index (Phi) is 4.04. The van der Waals surface area contributed by atoms with Crippen molar-refractivity contribution >= 4 is 0 Å². The van der Waals surface area contributed by atoms with Crippen molar-refractivity contribution in [2.45, 2.75) is 58.0 Å². The molecule has 1 saturated heterocycles. The standard InChI is InChI=1S/C13H26N2/c1-3-13(10-12-4-5-12)15-8-6-11(2)14-7-9-15/h11-14H,3-10H2,1-2H3. The third kappa shape index (κ3) is 3.46. The quantitative estimate of drug-likeness (QED) is 0.765. The third-order valence-corrected chi connectivity index (χ3v) is 4.03. The molecule has 2 aliphatic rings. The second-order valence-electron chi connectivity index (χ2n) is 5.42. The summed E-state index contributed by atoms with van der Waals surface area (Å²) in [5.74, 6) is 1.07. The summed E-state index contributed by atoms with van der Waals surface area (Å²) in [6.45, 7) is 8.41. The summed E-state index contributed by atoms with van der Waals surface area (Å²) < 4.78 is 0. The number of hydrogen-bond acceptors (Lipinski definition) is 2. The van der Waals surface area contributed by atoms with E-state index in [0.717, 1.165) is 12.0 Å². The van der Waals surface area contributed by atoms with Gasteiger partial charge in [0.2, 0.25) is 0 Å². The zero-order valence-electron chi connectivity index (χ0n) is 10.3. The maximum absolute atomic E-state index is 3.58. The third-order valence-electron chi connectivity index (χ3n) is 4.03. The Morgan fingerprint density at radius 2 is 2.07 bits per heavy atom. The molecule has 0 radical (unpaired) electrons. The lowest BCUT2D eigenvalue weighted by atomic mass is 10.1. The highest BCUT2D eigenvalue weighted by Crippen LogP contribution is 2.35. The van der Waals surface area contributed by atoms with Gasteiger partial charge >= 0.3 is 0 Å². The van der Waals surface area contributed by atoms with Crippen molar-refractivity contribution in [3.05, 3.63) is 0 Å². The maximum atomic E-state index is 3.58. The van der Waals surface area contributed by atoms with Crippen molar-refractivity contribution in [2.24, 2.45) is 5.92 Å². The molecule has 15 heavy (non-hydrogen) atoms. The summed E-state index contributed by atoms with van der Waals surface area (Å²) in [6.07, 6.45) is 7.12. The Hall–Kier alpha value is -0.0800. The molecule has 2 heteroatoms. The fraction of sp³-hybridized carbons (Fsp3) is 1.00. The van der Waals surface area contributed by atoms with E-state index in [-0.39, 0.29) is 0 Å². The van der Waals surface area contributed by atoms with Crippen molar-refractivity contribution in [3.63, 3.8) is 0 Å². The van der Waals surface area contributed by atoms with Crippen molar-refractivity contribution < 1.29 is 0 Å². The zero-order valence-corrected chi connectivity index (χ0v) is 10.3. The van der Waals surface area contributed by atoms with Crippen LogP contribution in [0, 0.1) is 5.92 Å². The van der Waals surface area contributed by atoms with Crippen molar-refractivity contribution in [2.75, 3.05) is 19.6 Å². The van der Waals surface area contributed by atoms with Crippen LogP contribution in [-0.2, 0) is 0 Å².